The summed E-state index contributed by atoms with van der Waals surface area (Å²) in [5, 5.41) is 28.7. The smallest absolute Gasteiger partial charge is 0.146 e. The molecule has 0 amide bonds. The molecule has 3 unspecified atom stereocenters. The average molecular weight is 692 g/mol. The third-order valence-corrected chi connectivity index (χ3v) is 15.3. The van der Waals surface area contributed by atoms with Crippen molar-refractivity contribution < 1.29 is 15.3 Å². The lowest BCUT2D eigenvalue weighted by atomic mass is 10.1. The Morgan fingerprint density at radius 2 is 0.889 bits per heavy atom. The summed E-state index contributed by atoms with van der Waals surface area (Å²) in [6.45, 7) is 19.9. The minimum absolute atomic E-state index is 0.317. The molecule has 0 heterocycles. The van der Waals surface area contributed by atoms with Crippen LogP contribution in [-0.2, 0) is 0 Å². The molecule has 5 heteroatoms. The van der Waals surface area contributed by atoms with Gasteiger partial charge >= 0.3 is 0 Å². The first-order chi connectivity index (χ1) is 21.3. The first-order valence-electron chi connectivity index (χ1n) is 16.3. The number of aliphatic hydroxyl groups is 3. The fraction of sp³-hybridized carbons (Fsp3) is 0.450. The summed E-state index contributed by atoms with van der Waals surface area (Å²) in [6, 6.07) is 23.2. The lowest BCUT2D eigenvalue weighted by Gasteiger charge is -2.38. The van der Waals surface area contributed by atoms with Crippen molar-refractivity contribution >= 4 is 24.0 Å². The molecule has 0 spiro atoms. The highest BCUT2D eigenvalue weighted by atomic mass is 79.9. The molecule has 45 heavy (non-hydrogen) atoms. The molecule has 0 aromatic heterocycles. The topological polar surface area (TPSA) is 60.7 Å². The van der Waals surface area contributed by atoms with Gasteiger partial charge in [-0.2, -0.15) is 0 Å². The van der Waals surface area contributed by atoms with Crippen LogP contribution in [0, 0.1) is 23.8 Å². The number of aliphatic hydroxyl groups excluding tert-OH is 3. The van der Waals surface area contributed by atoms with Gasteiger partial charge in [0.2, 0.25) is 0 Å². The van der Waals surface area contributed by atoms with E-state index < -0.39 is 8.07 Å². The minimum atomic E-state index is -1.66. The van der Waals surface area contributed by atoms with Gasteiger partial charge in [-0.3, -0.25) is 0 Å². The largest absolute Gasteiger partial charge is 0.388 e. The molecule has 3 nitrogen and oxygen atoms in total. The van der Waals surface area contributed by atoms with Crippen molar-refractivity contribution in [2.24, 2.45) is 0 Å². The van der Waals surface area contributed by atoms with E-state index in [1.165, 1.54) is 0 Å². The molecule has 0 aliphatic carbocycles. The molecule has 0 bridgehead atoms. The van der Waals surface area contributed by atoms with Crippen LogP contribution in [0.4, 0.5) is 0 Å². The molecule has 3 atom stereocenters. The van der Waals surface area contributed by atoms with Crippen molar-refractivity contribution in [1.29, 1.82) is 0 Å². The van der Waals surface area contributed by atoms with Crippen molar-refractivity contribution in [2.75, 3.05) is 0 Å². The number of hydrogen-bond donors (Lipinski definition) is 3. The van der Waals surface area contributed by atoms with Crippen LogP contribution in [0.15, 0.2) is 77.3 Å². The van der Waals surface area contributed by atoms with Crippen LogP contribution in [0.1, 0.15) is 128 Å². The summed E-state index contributed by atoms with van der Waals surface area (Å²) in [7, 11) is -1.66. The average Bonchev–Trinajstić information content (AvgIpc) is 3.04. The summed E-state index contributed by atoms with van der Waals surface area (Å²) < 4.78 is 1.05. The molecule has 0 saturated heterocycles. The standard InChI is InChI=1S/C20H32OSi.C11H12O.C9H11BrO/c1-8-20(21)19-11-9-18(10-12-19)13-14-22(15(2)3,16(4)5)17(6)7;1-3-9-5-7-10(8-6-9)11(12)4-2;1-2-9(11)7-3-5-8(10)6-4-7/h9-12,15-17,20-21H,8H2,1-7H3;1,5-8,11-12H,4H2,2H3;3-6,9,11H,2H2,1H3. The van der Waals surface area contributed by atoms with Crippen LogP contribution >= 0.6 is 15.9 Å². The molecule has 0 saturated carbocycles. The third kappa shape index (κ3) is 12.6. The molecule has 0 aliphatic heterocycles. The van der Waals surface area contributed by atoms with Crippen molar-refractivity contribution in [2.45, 2.75) is 117 Å². The predicted octanol–water partition coefficient (Wildman–Crippen LogP) is 10.7. The summed E-state index contributed by atoms with van der Waals surface area (Å²) in [4.78, 5) is 0. The van der Waals surface area contributed by atoms with E-state index in [1.807, 2.05) is 93.6 Å². The van der Waals surface area contributed by atoms with Gasteiger partial charge in [0, 0.05) is 15.6 Å². The molecule has 3 N–H and O–H groups in total. The molecule has 0 fully saturated rings. The highest BCUT2D eigenvalue weighted by Crippen LogP contribution is 2.40. The predicted molar refractivity (Wildman–Crippen MR) is 199 cm³/mol. The molecule has 0 radical (unpaired) electrons. The van der Waals surface area contributed by atoms with Gasteiger partial charge in [-0.25, -0.2) is 0 Å². The molecule has 244 valence electrons. The zero-order valence-corrected chi connectivity index (χ0v) is 31.4. The first-order valence-corrected chi connectivity index (χ1v) is 19.3. The van der Waals surface area contributed by atoms with Crippen molar-refractivity contribution in [3.8, 4) is 23.8 Å². The van der Waals surface area contributed by atoms with E-state index in [0.717, 1.165) is 51.6 Å². The van der Waals surface area contributed by atoms with Crippen LogP contribution in [0.2, 0.25) is 16.6 Å². The highest BCUT2D eigenvalue weighted by molar-refractivity contribution is 9.10. The van der Waals surface area contributed by atoms with Gasteiger partial charge in [-0.1, -0.05) is 126 Å². The van der Waals surface area contributed by atoms with Gasteiger partial charge in [0.05, 0.1) is 18.3 Å². The number of benzene rings is 3. The monoisotopic (exact) mass is 690 g/mol. The maximum absolute atomic E-state index is 9.87. The van der Waals surface area contributed by atoms with Crippen molar-refractivity contribution in [1.82, 2.24) is 0 Å². The van der Waals surface area contributed by atoms with Gasteiger partial charge in [0.25, 0.3) is 0 Å². The van der Waals surface area contributed by atoms with Gasteiger partial charge in [0.15, 0.2) is 0 Å². The minimum Gasteiger partial charge on any atom is -0.388 e. The molecule has 3 aromatic carbocycles. The second-order valence-corrected chi connectivity index (χ2v) is 18.9. The fourth-order valence-electron chi connectivity index (χ4n) is 5.60. The van der Waals surface area contributed by atoms with Crippen LogP contribution in [0.3, 0.4) is 0 Å². The maximum atomic E-state index is 9.87. The van der Waals surface area contributed by atoms with Crippen LogP contribution < -0.4 is 0 Å². The maximum Gasteiger partial charge on any atom is 0.146 e. The Hall–Kier alpha value is -2.64. The van der Waals surface area contributed by atoms with E-state index >= 15 is 0 Å². The van der Waals surface area contributed by atoms with Crippen LogP contribution in [0.5, 0.6) is 0 Å². The van der Waals surface area contributed by atoms with Crippen molar-refractivity contribution in [3.05, 3.63) is 105 Å². The fourth-order valence-corrected chi connectivity index (χ4v) is 11.1. The van der Waals surface area contributed by atoms with Gasteiger partial charge in [0.1, 0.15) is 8.07 Å². The zero-order valence-electron chi connectivity index (χ0n) is 28.8. The Balaban J connectivity index is 0.000000370. The first kappa shape index (κ1) is 40.4. The van der Waals surface area contributed by atoms with E-state index in [4.69, 9.17) is 6.42 Å². The van der Waals surface area contributed by atoms with Crippen LogP contribution in [-0.4, -0.2) is 23.4 Å². The van der Waals surface area contributed by atoms with Gasteiger partial charge < -0.3 is 15.3 Å². The Labute approximate surface area is 283 Å². The zero-order chi connectivity index (χ0) is 34.2. The lowest BCUT2D eigenvalue weighted by Crippen LogP contribution is -2.43. The number of rotatable bonds is 9. The van der Waals surface area contributed by atoms with E-state index in [9.17, 15) is 15.3 Å². The van der Waals surface area contributed by atoms with E-state index in [1.54, 1.807) is 0 Å². The number of hydrogen-bond acceptors (Lipinski definition) is 3. The number of terminal acetylenes is 1. The van der Waals surface area contributed by atoms with Gasteiger partial charge in [-0.15, -0.1) is 12.0 Å². The highest BCUT2D eigenvalue weighted by Gasteiger charge is 2.41. The van der Waals surface area contributed by atoms with Gasteiger partial charge in [-0.05, 0) is 89.0 Å². The Kier molecular flexibility index (Phi) is 18.4. The Bertz CT molecular complexity index is 1320. The molecule has 3 rings (SSSR count). The Morgan fingerprint density at radius 3 is 1.18 bits per heavy atom. The van der Waals surface area contributed by atoms with Crippen molar-refractivity contribution in [3.63, 3.8) is 0 Å². The Morgan fingerprint density at radius 1 is 0.578 bits per heavy atom. The summed E-state index contributed by atoms with van der Waals surface area (Å²) in [5.74, 6) is 5.97. The second kappa shape index (κ2) is 20.5. The molecular weight excluding hydrogens is 636 g/mol. The molecule has 0 aliphatic rings. The van der Waals surface area contributed by atoms with E-state index in [-0.39, 0.29) is 18.3 Å². The molecular formula is C40H55BrO3Si. The quantitative estimate of drug-likeness (QED) is 0.155. The second-order valence-electron chi connectivity index (χ2n) is 12.4. The number of halogens is 1. The van der Waals surface area contributed by atoms with Crippen LogP contribution in [0.25, 0.3) is 0 Å². The molecule has 3 aromatic rings. The normalized spacial score (nSPS) is 13.0. The SMILES string of the molecule is C#Cc1ccc(C(O)CC)cc1.CCC(O)c1ccc(Br)cc1.CCC(O)c1ccc(C#C[Si](C(C)C)(C(C)C)C(C)C)cc1. The van der Waals surface area contributed by atoms with E-state index in [2.05, 4.69) is 74.9 Å². The van der Waals surface area contributed by atoms with E-state index in [0.29, 0.717) is 16.6 Å². The summed E-state index contributed by atoms with van der Waals surface area (Å²) in [6.07, 6.45) is 6.39. The summed E-state index contributed by atoms with van der Waals surface area (Å²) in [5.41, 5.74) is 10.5. The third-order valence-electron chi connectivity index (χ3n) is 8.46. The summed E-state index contributed by atoms with van der Waals surface area (Å²) >= 11 is 3.33. The lowest BCUT2D eigenvalue weighted by molar-refractivity contribution is 0.173.